The van der Waals surface area contributed by atoms with Crippen molar-refractivity contribution in [3.8, 4) is 0 Å². The molecular weight excluding hydrogens is 266 g/mol. The van der Waals surface area contributed by atoms with Gasteiger partial charge in [-0.25, -0.2) is 0 Å². The first kappa shape index (κ1) is 16.7. The molecule has 4 atom stereocenters. The molecule has 1 aliphatic carbocycles. The van der Waals surface area contributed by atoms with Gasteiger partial charge in [0.2, 0.25) is 5.91 Å². The van der Waals surface area contributed by atoms with E-state index < -0.39 is 5.54 Å². The van der Waals surface area contributed by atoms with Gasteiger partial charge in [0.1, 0.15) is 5.54 Å². The van der Waals surface area contributed by atoms with E-state index >= 15 is 0 Å². The Balaban J connectivity index is 1.89. The van der Waals surface area contributed by atoms with Crippen LogP contribution in [0.25, 0.3) is 0 Å². The first-order valence-electron chi connectivity index (χ1n) is 8.15. The number of carbonyl (C=O) groups is 1. The zero-order valence-corrected chi connectivity index (χ0v) is 14.1. The molecule has 3 N–H and O–H groups in total. The lowest BCUT2D eigenvalue weighted by Gasteiger charge is -2.60. The van der Waals surface area contributed by atoms with Gasteiger partial charge in [-0.2, -0.15) is 0 Å². The summed E-state index contributed by atoms with van der Waals surface area (Å²) in [5.74, 6) is 0.150. The van der Waals surface area contributed by atoms with Crippen LogP contribution in [0.15, 0.2) is 0 Å². The number of ether oxygens (including phenoxy) is 1. The minimum atomic E-state index is -0.789. The third kappa shape index (κ3) is 2.49. The predicted octanol–water partition coefficient (Wildman–Crippen LogP) is 0.975. The Morgan fingerprint density at radius 1 is 1.52 bits per heavy atom. The van der Waals surface area contributed by atoms with Gasteiger partial charge in [0.15, 0.2) is 0 Å². The fraction of sp³-hybridized carbons (Fsp3) is 0.938. The highest BCUT2D eigenvalue weighted by molar-refractivity contribution is 5.89. The van der Waals surface area contributed by atoms with Crippen molar-refractivity contribution in [3.63, 3.8) is 0 Å². The summed E-state index contributed by atoms with van der Waals surface area (Å²) in [6.07, 6.45) is 2.14. The van der Waals surface area contributed by atoms with Crippen molar-refractivity contribution < 1.29 is 9.53 Å². The second-order valence-corrected chi connectivity index (χ2v) is 7.27. The van der Waals surface area contributed by atoms with Crippen LogP contribution in [0.3, 0.4) is 0 Å². The van der Waals surface area contributed by atoms with Crippen molar-refractivity contribution in [1.29, 1.82) is 0 Å². The molecule has 122 valence electrons. The van der Waals surface area contributed by atoms with Gasteiger partial charge in [0, 0.05) is 37.1 Å². The second-order valence-electron chi connectivity index (χ2n) is 7.27. The van der Waals surface area contributed by atoms with E-state index in [2.05, 4.69) is 31.1 Å². The number of nitrogens with zero attached hydrogens (tertiary/aromatic N) is 1. The highest BCUT2D eigenvalue weighted by Gasteiger charge is 2.71. The zero-order valence-electron chi connectivity index (χ0n) is 14.1. The third-order valence-electron chi connectivity index (χ3n) is 5.92. The molecule has 1 saturated heterocycles. The third-order valence-corrected chi connectivity index (χ3v) is 5.92. The molecule has 4 unspecified atom stereocenters. The molecule has 2 aliphatic rings. The summed E-state index contributed by atoms with van der Waals surface area (Å²) in [4.78, 5) is 14.9. The Kier molecular flexibility index (Phi) is 4.66. The molecule has 2 rings (SSSR count). The molecule has 1 amide bonds. The van der Waals surface area contributed by atoms with Crippen molar-refractivity contribution in [2.45, 2.75) is 58.2 Å². The Labute approximate surface area is 128 Å². The number of amides is 1. The Hall–Kier alpha value is -0.650. The quantitative estimate of drug-likeness (QED) is 0.767. The summed E-state index contributed by atoms with van der Waals surface area (Å²) < 4.78 is 5.73. The molecule has 1 saturated carbocycles. The fourth-order valence-corrected chi connectivity index (χ4v) is 3.87. The molecule has 21 heavy (non-hydrogen) atoms. The van der Waals surface area contributed by atoms with E-state index in [0.717, 1.165) is 26.0 Å². The summed E-state index contributed by atoms with van der Waals surface area (Å²) in [6.45, 7) is 10.7. The molecule has 5 nitrogen and oxygen atoms in total. The smallest absolute Gasteiger partial charge is 0.241 e. The molecule has 0 spiro atoms. The maximum absolute atomic E-state index is 12.6. The Morgan fingerprint density at radius 2 is 2.19 bits per heavy atom. The lowest BCUT2D eigenvalue weighted by Crippen LogP contribution is -2.80. The van der Waals surface area contributed by atoms with Gasteiger partial charge >= 0.3 is 0 Å². The Bertz CT molecular complexity index is 399. The first-order valence-corrected chi connectivity index (χ1v) is 8.15. The van der Waals surface area contributed by atoms with E-state index in [0.29, 0.717) is 12.6 Å². The first-order chi connectivity index (χ1) is 9.76. The van der Waals surface area contributed by atoms with Gasteiger partial charge < -0.3 is 20.7 Å². The maximum atomic E-state index is 12.6. The summed E-state index contributed by atoms with van der Waals surface area (Å²) in [6, 6.07) is 0.529. The topological polar surface area (TPSA) is 67.6 Å². The van der Waals surface area contributed by atoms with Crippen molar-refractivity contribution in [2.75, 3.05) is 26.7 Å². The largest absolute Gasteiger partial charge is 0.377 e. The minimum Gasteiger partial charge on any atom is -0.377 e. The van der Waals surface area contributed by atoms with E-state index in [1.807, 2.05) is 13.8 Å². The second kappa shape index (κ2) is 5.86. The molecule has 0 bridgehead atoms. The van der Waals surface area contributed by atoms with Gasteiger partial charge in [-0.1, -0.05) is 20.8 Å². The number of likely N-dealkylation sites (N-methyl/N-ethyl adjacent to an activating group) is 1. The monoisotopic (exact) mass is 297 g/mol. The number of carbonyl (C=O) groups excluding carboxylic acids is 1. The van der Waals surface area contributed by atoms with Crippen LogP contribution in [0.4, 0.5) is 0 Å². The van der Waals surface area contributed by atoms with Crippen LogP contribution in [0.1, 0.15) is 40.5 Å². The van der Waals surface area contributed by atoms with Gasteiger partial charge in [-0.05, 0) is 26.8 Å². The molecule has 0 aromatic heterocycles. The van der Waals surface area contributed by atoms with E-state index in [9.17, 15) is 4.79 Å². The zero-order chi connectivity index (χ0) is 15.8. The average molecular weight is 297 g/mol. The van der Waals surface area contributed by atoms with Crippen molar-refractivity contribution in [1.82, 2.24) is 10.2 Å². The Morgan fingerprint density at radius 3 is 2.81 bits per heavy atom. The van der Waals surface area contributed by atoms with Crippen LogP contribution < -0.4 is 11.1 Å². The van der Waals surface area contributed by atoms with Crippen molar-refractivity contribution in [2.24, 2.45) is 17.1 Å². The number of nitrogens with one attached hydrogen (secondary N) is 1. The lowest BCUT2D eigenvalue weighted by atomic mass is 9.48. The number of rotatable bonds is 6. The average Bonchev–Trinajstić information content (AvgIpc) is 2.93. The number of fused-ring (bicyclic) bond motifs is 1. The standard InChI is InChI=1S/C16H31N3O2/c1-6-11(2)19(5)9-8-18-14(20)16(17)12-7-10-21-13(12)15(16,3)4/h11-13H,6-10,17H2,1-5H3,(H,18,20). The van der Waals surface area contributed by atoms with Gasteiger partial charge in [0.05, 0.1) is 6.10 Å². The summed E-state index contributed by atoms with van der Waals surface area (Å²) in [7, 11) is 2.09. The molecule has 1 heterocycles. The molecule has 2 fully saturated rings. The van der Waals surface area contributed by atoms with E-state index in [1.54, 1.807) is 0 Å². The predicted molar refractivity (Wildman–Crippen MR) is 83.9 cm³/mol. The number of nitrogens with two attached hydrogens (primary N) is 1. The summed E-state index contributed by atoms with van der Waals surface area (Å²) in [5.41, 5.74) is 5.43. The van der Waals surface area contributed by atoms with Gasteiger partial charge in [0.25, 0.3) is 0 Å². The number of hydrogen-bond acceptors (Lipinski definition) is 4. The normalized spacial score (nSPS) is 35.2. The SMILES string of the molecule is CCC(C)N(C)CCNC(=O)C1(N)C2CCOC2C1(C)C. The van der Waals surface area contributed by atoms with Crippen LogP contribution in [0, 0.1) is 11.3 Å². The minimum absolute atomic E-state index is 0.0169. The van der Waals surface area contributed by atoms with Crippen molar-refractivity contribution in [3.05, 3.63) is 0 Å². The molecule has 0 aromatic rings. The number of hydrogen-bond donors (Lipinski definition) is 2. The van der Waals surface area contributed by atoms with Crippen LogP contribution in [0.5, 0.6) is 0 Å². The van der Waals surface area contributed by atoms with Crippen LogP contribution in [-0.2, 0) is 9.53 Å². The fourth-order valence-electron chi connectivity index (χ4n) is 3.87. The van der Waals surface area contributed by atoms with Crippen LogP contribution in [-0.4, -0.2) is 55.2 Å². The molecule has 0 radical (unpaired) electrons. The highest BCUT2D eigenvalue weighted by Crippen LogP contribution is 2.58. The molecule has 0 aromatic carbocycles. The summed E-state index contributed by atoms with van der Waals surface area (Å²) >= 11 is 0. The highest BCUT2D eigenvalue weighted by atomic mass is 16.5. The van der Waals surface area contributed by atoms with Crippen molar-refractivity contribution >= 4 is 5.91 Å². The summed E-state index contributed by atoms with van der Waals surface area (Å²) in [5, 5.41) is 3.04. The lowest BCUT2D eigenvalue weighted by molar-refractivity contribution is -0.175. The van der Waals surface area contributed by atoms with Crippen LogP contribution >= 0.6 is 0 Å². The maximum Gasteiger partial charge on any atom is 0.241 e. The van der Waals surface area contributed by atoms with Crippen LogP contribution in [0.2, 0.25) is 0 Å². The van der Waals surface area contributed by atoms with Gasteiger partial charge in [-0.3, -0.25) is 4.79 Å². The molecular formula is C16H31N3O2. The van der Waals surface area contributed by atoms with Gasteiger partial charge in [-0.15, -0.1) is 0 Å². The van der Waals surface area contributed by atoms with E-state index in [1.165, 1.54) is 0 Å². The van der Waals surface area contributed by atoms with E-state index in [4.69, 9.17) is 10.5 Å². The molecule has 1 aliphatic heterocycles. The molecule has 5 heteroatoms. The van der Waals surface area contributed by atoms with E-state index in [-0.39, 0.29) is 23.3 Å².